The molecule has 2 N–H and O–H groups in total. The highest BCUT2D eigenvalue weighted by molar-refractivity contribution is 6.32. The van der Waals surface area contributed by atoms with Crippen LogP contribution < -0.4 is 5.32 Å². The van der Waals surface area contributed by atoms with Crippen molar-refractivity contribution in [2.24, 2.45) is 0 Å². The van der Waals surface area contributed by atoms with E-state index >= 15 is 0 Å². The second-order valence-electron chi connectivity index (χ2n) is 4.64. The Morgan fingerprint density at radius 1 is 1.17 bits per heavy atom. The average molecular weight is 335 g/mol. The standard InChI is InChI=1S/C15H11ClN2O5/c16-12-6-3-10(8-13(12)18(22)23)15(21)17-11-4-1-9(2-5-11)7-14(19)20/h1-6,8H,7H2,(H,17,21)(H,19,20). The van der Waals surface area contributed by atoms with Gasteiger partial charge >= 0.3 is 5.97 Å². The van der Waals surface area contributed by atoms with E-state index in [1.165, 1.54) is 12.1 Å². The minimum absolute atomic E-state index is 0.0513. The molecular formula is C15H11ClN2O5. The molecule has 8 heteroatoms. The van der Waals surface area contributed by atoms with Crippen molar-refractivity contribution in [3.8, 4) is 0 Å². The van der Waals surface area contributed by atoms with Crippen molar-refractivity contribution in [1.29, 1.82) is 0 Å². The predicted octanol–water partition coefficient (Wildman–Crippen LogP) is 3.13. The van der Waals surface area contributed by atoms with Crippen LogP contribution in [0.2, 0.25) is 5.02 Å². The molecule has 2 aromatic carbocycles. The molecule has 0 saturated carbocycles. The van der Waals surface area contributed by atoms with Crippen molar-refractivity contribution in [1.82, 2.24) is 0 Å². The number of hydrogen-bond acceptors (Lipinski definition) is 4. The van der Waals surface area contributed by atoms with Crippen LogP contribution in [-0.2, 0) is 11.2 Å². The van der Waals surface area contributed by atoms with Gasteiger partial charge in [0.05, 0.1) is 11.3 Å². The van der Waals surface area contributed by atoms with Gasteiger partial charge in [0.15, 0.2) is 0 Å². The number of carboxylic acid groups (broad SMARTS) is 1. The number of anilines is 1. The number of hydrogen-bond donors (Lipinski definition) is 2. The van der Waals surface area contributed by atoms with Gasteiger partial charge in [-0.25, -0.2) is 0 Å². The minimum Gasteiger partial charge on any atom is -0.481 e. The summed E-state index contributed by atoms with van der Waals surface area (Å²) in [5.74, 6) is -1.48. The maximum Gasteiger partial charge on any atom is 0.307 e. The Bertz CT molecular complexity index is 774. The van der Waals surface area contributed by atoms with Crippen LogP contribution in [0.4, 0.5) is 11.4 Å². The summed E-state index contributed by atoms with van der Waals surface area (Å²) in [4.78, 5) is 32.8. The average Bonchev–Trinajstić information content (AvgIpc) is 2.48. The molecule has 0 aliphatic carbocycles. The molecule has 2 aromatic rings. The van der Waals surface area contributed by atoms with Crippen LogP contribution in [0, 0.1) is 10.1 Å². The van der Waals surface area contributed by atoms with Gasteiger partial charge in [-0.3, -0.25) is 19.7 Å². The fraction of sp³-hybridized carbons (Fsp3) is 0.0667. The predicted molar refractivity (Wildman–Crippen MR) is 83.8 cm³/mol. The third-order valence-electron chi connectivity index (χ3n) is 2.97. The number of benzene rings is 2. The van der Waals surface area contributed by atoms with Crippen LogP contribution in [-0.4, -0.2) is 21.9 Å². The van der Waals surface area contributed by atoms with E-state index in [1.54, 1.807) is 24.3 Å². The van der Waals surface area contributed by atoms with Gasteiger partial charge in [0.2, 0.25) is 0 Å². The van der Waals surface area contributed by atoms with Gasteiger partial charge in [-0.15, -0.1) is 0 Å². The first-order valence-corrected chi connectivity index (χ1v) is 6.80. The molecule has 0 heterocycles. The van der Waals surface area contributed by atoms with Crippen molar-refractivity contribution in [2.45, 2.75) is 6.42 Å². The monoisotopic (exact) mass is 334 g/mol. The Hall–Kier alpha value is -2.93. The lowest BCUT2D eigenvalue weighted by Gasteiger charge is -2.06. The number of amides is 1. The molecule has 2 rings (SSSR count). The van der Waals surface area contributed by atoms with Gasteiger partial charge in [0, 0.05) is 17.3 Å². The molecule has 23 heavy (non-hydrogen) atoms. The number of nitrogens with one attached hydrogen (secondary N) is 1. The highest BCUT2D eigenvalue weighted by Gasteiger charge is 2.16. The van der Waals surface area contributed by atoms with E-state index in [1.807, 2.05) is 0 Å². The van der Waals surface area contributed by atoms with Crippen molar-refractivity contribution in [3.05, 3.63) is 68.7 Å². The molecule has 0 aromatic heterocycles. The fourth-order valence-electron chi connectivity index (χ4n) is 1.88. The van der Waals surface area contributed by atoms with Crippen molar-refractivity contribution in [2.75, 3.05) is 5.32 Å². The van der Waals surface area contributed by atoms with Crippen LogP contribution in [0.25, 0.3) is 0 Å². The summed E-state index contributed by atoms with van der Waals surface area (Å²) < 4.78 is 0. The molecular weight excluding hydrogens is 324 g/mol. The number of aliphatic carboxylic acids is 1. The second kappa shape index (κ2) is 6.89. The van der Waals surface area contributed by atoms with Crippen LogP contribution in [0.1, 0.15) is 15.9 Å². The zero-order valence-electron chi connectivity index (χ0n) is 11.7. The topological polar surface area (TPSA) is 110 Å². The van der Waals surface area contributed by atoms with Gasteiger partial charge < -0.3 is 10.4 Å². The quantitative estimate of drug-likeness (QED) is 0.644. The highest BCUT2D eigenvalue weighted by atomic mass is 35.5. The Balaban J connectivity index is 2.14. The summed E-state index contributed by atoms with van der Waals surface area (Å²) in [6.45, 7) is 0. The Labute approximate surface area is 135 Å². The molecule has 7 nitrogen and oxygen atoms in total. The van der Waals surface area contributed by atoms with Crippen molar-refractivity contribution < 1.29 is 19.6 Å². The molecule has 0 bridgehead atoms. The third kappa shape index (κ3) is 4.27. The van der Waals surface area contributed by atoms with E-state index in [2.05, 4.69) is 5.32 Å². The number of carbonyl (C=O) groups excluding carboxylic acids is 1. The van der Waals surface area contributed by atoms with Gasteiger partial charge in [-0.05, 0) is 29.8 Å². The summed E-state index contributed by atoms with van der Waals surface area (Å²) in [5, 5.41) is 22.0. The van der Waals surface area contributed by atoms with E-state index in [9.17, 15) is 19.7 Å². The largest absolute Gasteiger partial charge is 0.481 e. The smallest absolute Gasteiger partial charge is 0.307 e. The van der Waals surface area contributed by atoms with Crippen LogP contribution in [0.3, 0.4) is 0 Å². The first kappa shape index (κ1) is 16.4. The summed E-state index contributed by atoms with van der Waals surface area (Å²) in [7, 11) is 0. The number of carbonyl (C=O) groups is 2. The van der Waals surface area contributed by atoms with E-state index in [0.29, 0.717) is 11.3 Å². The van der Waals surface area contributed by atoms with E-state index in [4.69, 9.17) is 16.7 Å². The third-order valence-corrected chi connectivity index (χ3v) is 3.29. The summed E-state index contributed by atoms with van der Waals surface area (Å²) in [5.41, 5.74) is 0.784. The highest BCUT2D eigenvalue weighted by Crippen LogP contribution is 2.25. The number of rotatable bonds is 5. The van der Waals surface area contributed by atoms with Gasteiger partial charge in [-0.2, -0.15) is 0 Å². The SMILES string of the molecule is O=C(O)Cc1ccc(NC(=O)c2ccc(Cl)c([N+](=O)[O-])c2)cc1. The molecule has 0 unspecified atom stereocenters. The lowest BCUT2D eigenvalue weighted by molar-refractivity contribution is -0.384. The zero-order chi connectivity index (χ0) is 17.0. The normalized spacial score (nSPS) is 10.1. The van der Waals surface area contributed by atoms with E-state index < -0.39 is 16.8 Å². The maximum atomic E-state index is 12.1. The minimum atomic E-state index is -0.949. The molecule has 0 aliphatic heterocycles. The van der Waals surface area contributed by atoms with E-state index in [0.717, 1.165) is 6.07 Å². The molecule has 0 radical (unpaired) electrons. The molecule has 0 saturated heterocycles. The van der Waals surface area contributed by atoms with Crippen molar-refractivity contribution in [3.63, 3.8) is 0 Å². The summed E-state index contributed by atoms with van der Waals surface area (Å²) >= 11 is 5.69. The number of nitro groups is 1. The van der Waals surface area contributed by atoms with Gasteiger partial charge in [-0.1, -0.05) is 23.7 Å². The van der Waals surface area contributed by atoms with E-state index in [-0.39, 0.29) is 22.7 Å². The summed E-state index contributed by atoms with van der Waals surface area (Å²) in [6.07, 6.45) is -0.113. The Kier molecular flexibility index (Phi) is 4.92. The number of carboxylic acids is 1. The lowest BCUT2D eigenvalue weighted by atomic mass is 10.1. The van der Waals surface area contributed by atoms with Crippen molar-refractivity contribution >= 4 is 34.9 Å². The first-order valence-electron chi connectivity index (χ1n) is 6.43. The lowest BCUT2D eigenvalue weighted by Crippen LogP contribution is -2.12. The van der Waals surface area contributed by atoms with Crippen LogP contribution in [0.15, 0.2) is 42.5 Å². The molecule has 0 fully saturated rings. The molecule has 118 valence electrons. The van der Waals surface area contributed by atoms with Gasteiger partial charge in [0.1, 0.15) is 5.02 Å². The number of halogens is 1. The molecule has 0 atom stereocenters. The summed E-state index contributed by atoms with van der Waals surface area (Å²) in [6, 6.07) is 10.0. The second-order valence-corrected chi connectivity index (χ2v) is 5.05. The first-order chi connectivity index (χ1) is 10.9. The number of nitrogens with zero attached hydrogens (tertiary/aromatic N) is 1. The number of nitro benzene ring substituents is 1. The Morgan fingerprint density at radius 3 is 2.39 bits per heavy atom. The van der Waals surface area contributed by atoms with Gasteiger partial charge in [0.25, 0.3) is 11.6 Å². The molecule has 1 amide bonds. The maximum absolute atomic E-state index is 12.1. The van der Waals surface area contributed by atoms with Crippen LogP contribution in [0.5, 0.6) is 0 Å². The van der Waals surface area contributed by atoms with Crippen LogP contribution >= 0.6 is 11.6 Å². The zero-order valence-corrected chi connectivity index (χ0v) is 12.4. The molecule has 0 aliphatic rings. The molecule has 0 spiro atoms. The Morgan fingerprint density at radius 2 is 1.83 bits per heavy atom. The fourth-order valence-corrected chi connectivity index (χ4v) is 2.06.